The number of hydrogen-bond donors (Lipinski definition) is 2. The van der Waals surface area contributed by atoms with Gasteiger partial charge in [0.15, 0.2) is 0 Å². The number of nitrogens with one attached hydrogen (secondary N) is 2. The van der Waals surface area contributed by atoms with Gasteiger partial charge in [0.1, 0.15) is 5.84 Å². The van der Waals surface area contributed by atoms with Crippen LogP contribution in [-0.2, 0) is 0 Å². The molecule has 3 heterocycles. The second kappa shape index (κ2) is 11.3. The van der Waals surface area contributed by atoms with Gasteiger partial charge >= 0.3 is 0 Å². The molecular weight excluding hydrogens is 431 g/mol. The lowest BCUT2D eigenvalue weighted by Crippen LogP contribution is -2.32. The van der Waals surface area contributed by atoms with Crippen molar-refractivity contribution in [3.05, 3.63) is 40.6 Å². The van der Waals surface area contributed by atoms with Gasteiger partial charge in [-0.25, -0.2) is 0 Å². The van der Waals surface area contributed by atoms with Crippen LogP contribution in [-0.4, -0.2) is 49.2 Å². The zero-order chi connectivity index (χ0) is 17.8. The number of rotatable bonds is 6. The number of thioether (sulfide) groups is 1. The number of fused-ring (bicyclic) bond motifs is 1. The Hall–Kier alpha value is -0.920. The second-order valence-electron chi connectivity index (χ2n) is 6.90. The monoisotopic (exact) mass is 458 g/mol. The van der Waals surface area contributed by atoms with Crippen LogP contribution in [0.3, 0.4) is 0 Å². The largest absolute Gasteiger partial charge is 0.370 e. The van der Waals surface area contributed by atoms with Gasteiger partial charge in [-0.3, -0.25) is 5.41 Å². The SMILES string of the molecule is Cl.Cl.N=C(Nc1ccc2c(c1)SCCN2CCCN1CCCC1)c1cccs1. The molecule has 0 unspecified atom stereocenters. The summed E-state index contributed by atoms with van der Waals surface area (Å²) in [6, 6.07) is 10.5. The third-order valence-electron chi connectivity index (χ3n) is 5.06. The summed E-state index contributed by atoms with van der Waals surface area (Å²) in [7, 11) is 0. The molecule has 2 N–H and O–H groups in total. The van der Waals surface area contributed by atoms with Gasteiger partial charge in [-0.15, -0.1) is 47.9 Å². The average molecular weight is 460 g/mol. The molecule has 1 fully saturated rings. The van der Waals surface area contributed by atoms with E-state index in [1.165, 1.54) is 49.5 Å². The van der Waals surface area contributed by atoms with Gasteiger partial charge in [0.25, 0.3) is 0 Å². The quantitative estimate of drug-likeness (QED) is 0.447. The van der Waals surface area contributed by atoms with Crippen molar-refractivity contribution >= 4 is 65.1 Å². The number of halogens is 2. The molecule has 0 aliphatic carbocycles. The van der Waals surface area contributed by atoms with Crippen LogP contribution in [0, 0.1) is 5.41 Å². The fourth-order valence-electron chi connectivity index (χ4n) is 3.71. The Labute approximate surface area is 188 Å². The maximum atomic E-state index is 8.21. The molecule has 154 valence electrons. The summed E-state index contributed by atoms with van der Waals surface area (Å²) in [5.41, 5.74) is 2.37. The summed E-state index contributed by atoms with van der Waals surface area (Å²) in [5.74, 6) is 1.62. The number of likely N-dealkylation sites (tertiary alicyclic amines) is 1. The van der Waals surface area contributed by atoms with Crippen molar-refractivity contribution in [2.45, 2.75) is 24.2 Å². The van der Waals surface area contributed by atoms with E-state index < -0.39 is 0 Å². The highest BCUT2D eigenvalue weighted by molar-refractivity contribution is 7.99. The number of benzene rings is 1. The molecule has 2 aromatic rings. The van der Waals surface area contributed by atoms with Crippen LogP contribution in [0.5, 0.6) is 0 Å². The Morgan fingerprint density at radius 1 is 1.07 bits per heavy atom. The number of nitrogens with zero attached hydrogens (tertiary/aromatic N) is 2. The highest BCUT2D eigenvalue weighted by atomic mass is 35.5. The van der Waals surface area contributed by atoms with Crippen LogP contribution in [0.2, 0.25) is 0 Å². The molecule has 0 spiro atoms. The predicted molar refractivity (Wildman–Crippen MR) is 129 cm³/mol. The molecule has 4 nitrogen and oxygen atoms in total. The Morgan fingerprint density at radius 3 is 2.64 bits per heavy atom. The fraction of sp³-hybridized carbons (Fsp3) is 0.450. The molecule has 8 heteroatoms. The first-order chi connectivity index (χ1) is 12.8. The predicted octanol–water partition coefficient (Wildman–Crippen LogP) is 5.43. The van der Waals surface area contributed by atoms with Gasteiger partial charge in [-0.2, -0.15) is 0 Å². The van der Waals surface area contributed by atoms with Gasteiger partial charge in [0, 0.05) is 29.4 Å². The number of amidine groups is 1. The van der Waals surface area contributed by atoms with Gasteiger partial charge in [-0.1, -0.05) is 6.07 Å². The molecule has 1 saturated heterocycles. The topological polar surface area (TPSA) is 42.4 Å². The Bertz CT molecular complexity index is 749. The first-order valence-corrected chi connectivity index (χ1v) is 11.3. The third kappa shape index (κ3) is 5.80. The molecule has 0 radical (unpaired) electrons. The molecule has 4 rings (SSSR count). The van der Waals surface area contributed by atoms with Crippen LogP contribution in [0.15, 0.2) is 40.6 Å². The van der Waals surface area contributed by atoms with Gasteiger partial charge in [0.05, 0.1) is 10.6 Å². The smallest absolute Gasteiger partial charge is 0.140 e. The second-order valence-corrected chi connectivity index (χ2v) is 8.98. The highest BCUT2D eigenvalue weighted by Crippen LogP contribution is 2.36. The summed E-state index contributed by atoms with van der Waals surface area (Å²) in [4.78, 5) is 7.44. The standard InChI is InChI=1S/C20H26N4S2.2ClH/c21-20(18-5-3-13-25-18)22-16-6-7-17-19(15-16)26-14-12-24(17)11-4-10-23-8-1-2-9-23;;/h3,5-7,13,15H,1-2,4,8-12,14H2,(H2,21,22);2*1H. The van der Waals surface area contributed by atoms with E-state index in [1.54, 1.807) is 11.3 Å². The Balaban J connectivity index is 0.00000140. The molecule has 1 aromatic carbocycles. The van der Waals surface area contributed by atoms with Crippen molar-refractivity contribution in [1.29, 1.82) is 5.41 Å². The molecule has 0 saturated carbocycles. The third-order valence-corrected chi connectivity index (χ3v) is 6.97. The van der Waals surface area contributed by atoms with E-state index >= 15 is 0 Å². The molecule has 0 atom stereocenters. The molecule has 2 aliphatic rings. The summed E-state index contributed by atoms with van der Waals surface area (Å²) < 4.78 is 0. The first-order valence-electron chi connectivity index (χ1n) is 9.43. The van der Waals surface area contributed by atoms with Crippen molar-refractivity contribution < 1.29 is 0 Å². The van der Waals surface area contributed by atoms with Crippen molar-refractivity contribution in [1.82, 2.24) is 4.90 Å². The summed E-state index contributed by atoms with van der Waals surface area (Å²) >= 11 is 3.52. The summed E-state index contributed by atoms with van der Waals surface area (Å²) in [5, 5.41) is 13.5. The summed E-state index contributed by atoms with van der Waals surface area (Å²) in [6.45, 7) is 6.09. The van der Waals surface area contributed by atoms with Gasteiger partial charge < -0.3 is 15.1 Å². The van der Waals surface area contributed by atoms with Crippen molar-refractivity contribution in [2.75, 3.05) is 48.7 Å². The lowest BCUT2D eigenvalue weighted by molar-refractivity contribution is 0.334. The number of hydrogen-bond acceptors (Lipinski definition) is 5. The molecular formula is C20H28Cl2N4S2. The molecule has 0 amide bonds. The fourth-order valence-corrected chi connectivity index (χ4v) is 5.42. The Kier molecular flexibility index (Phi) is 9.44. The first kappa shape index (κ1) is 23.4. The van der Waals surface area contributed by atoms with E-state index in [4.69, 9.17) is 5.41 Å². The van der Waals surface area contributed by atoms with E-state index in [1.807, 2.05) is 29.3 Å². The van der Waals surface area contributed by atoms with Crippen LogP contribution in [0.4, 0.5) is 11.4 Å². The van der Waals surface area contributed by atoms with Crippen molar-refractivity contribution in [2.24, 2.45) is 0 Å². The van der Waals surface area contributed by atoms with E-state index in [2.05, 4.69) is 33.3 Å². The van der Waals surface area contributed by atoms with Crippen LogP contribution in [0.1, 0.15) is 24.1 Å². The number of anilines is 2. The minimum atomic E-state index is 0. The summed E-state index contributed by atoms with van der Waals surface area (Å²) in [6.07, 6.45) is 3.99. The minimum absolute atomic E-state index is 0. The average Bonchev–Trinajstić information content (AvgIpc) is 3.36. The normalized spacial score (nSPS) is 16.1. The molecule has 28 heavy (non-hydrogen) atoms. The maximum Gasteiger partial charge on any atom is 0.140 e. The Morgan fingerprint density at radius 2 is 1.89 bits per heavy atom. The zero-order valence-corrected chi connectivity index (χ0v) is 19.1. The lowest BCUT2D eigenvalue weighted by atomic mass is 10.2. The maximum absolute atomic E-state index is 8.21. The zero-order valence-electron chi connectivity index (χ0n) is 15.9. The van der Waals surface area contributed by atoms with E-state index in [0.717, 1.165) is 29.4 Å². The van der Waals surface area contributed by atoms with Crippen LogP contribution < -0.4 is 10.2 Å². The van der Waals surface area contributed by atoms with E-state index in [-0.39, 0.29) is 24.8 Å². The molecule has 1 aromatic heterocycles. The van der Waals surface area contributed by atoms with Crippen LogP contribution in [0.25, 0.3) is 0 Å². The van der Waals surface area contributed by atoms with Crippen molar-refractivity contribution in [3.63, 3.8) is 0 Å². The molecule has 2 aliphatic heterocycles. The van der Waals surface area contributed by atoms with Crippen molar-refractivity contribution in [3.8, 4) is 0 Å². The molecule has 0 bridgehead atoms. The van der Waals surface area contributed by atoms with E-state index in [9.17, 15) is 0 Å². The van der Waals surface area contributed by atoms with Gasteiger partial charge in [0.2, 0.25) is 0 Å². The minimum Gasteiger partial charge on any atom is -0.370 e. The highest BCUT2D eigenvalue weighted by Gasteiger charge is 2.19. The van der Waals surface area contributed by atoms with Crippen LogP contribution >= 0.6 is 47.9 Å². The van der Waals surface area contributed by atoms with Gasteiger partial charge in [-0.05, 0) is 68.5 Å². The lowest BCUT2D eigenvalue weighted by Gasteiger charge is -2.31. The van der Waals surface area contributed by atoms with E-state index in [0.29, 0.717) is 5.84 Å². The number of thiophene rings is 1.